The van der Waals surface area contributed by atoms with Crippen LogP contribution in [0.2, 0.25) is 0 Å². The fraction of sp³-hybridized carbons (Fsp3) is 0.395. The Hall–Kier alpha value is -4.79. The maximum absolute atomic E-state index is 13.7. The number of carbonyl (C=O) groups is 5. The molecule has 268 valence electrons. The zero-order valence-corrected chi connectivity index (χ0v) is 28.3. The molecule has 0 amide bonds. The second-order valence-corrected chi connectivity index (χ2v) is 13.6. The SMILES string of the molecule is C[C@@H]1O[C@](C)(C(=O)O)O[C@H]1/C=C/C=C/C=C/C(=O)O[C@H]1CC[C@H](c2ccc3c(c2O)C(=O)c2ccc4c(c2C3=O)C(=O)[C@@H](O)[C@](C)(O)C4)O[C@@H]1C. The summed E-state index contributed by atoms with van der Waals surface area (Å²) < 4.78 is 22.5. The van der Waals surface area contributed by atoms with E-state index in [0.29, 0.717) is 18.4 Å². The Morgan fingerprint density at radius 1 is 0.882 bits per heavy atom. The number of aliphatic carboxylic acids is 1. The van der Waals surface area contributed by atoms with Gasteiger partial charge in [0.1, 0.15) is 24.1 Å². The Morgan fingerprint density at radius 3 is 2.24 bits per heavy atom. The van der Waals surface area contributed by atoms with Crippen LogP contribution in [-0.4, -0.2) is 91.6 Å². The third kappa shape index (κ3) is 6.47. The Morgan fingerprint density at radius 2 is 1.55 bits per heavy atom. The number of ether oxygens (including phenoxy) is 4. The highest BCUT2D eigenvalue weighted by atomic mass is 16.8. The number of esters is 1. The Labute approximate surface area is 292 Å². The average molecular weight is 703 g/mol. The second-order valence-electron chi connectivity index (χ2n) is 13.6. The molecule has 0 unspecified atom stereocenters. The van der Waals surface area contributed by atoms with Crippen molar-refractivity contribution in [1.82, 2.24) is 0 Å². The van der Waals surface area contributed by atoms with E-state index >= 15 is 0 Å². The van der Waals surface area contributed by atoms with Crippen molar-refractivity contribution in [2.24, 2.45) is 0 Å². The van der Waals surface area contributed by atoms with Gasteiger partial charge in [-0.2, -0.15) is 0 Å². The summed E-state index contributed by atoms with van der Waals surface area (Å²) >= 11 is 0. The van der Waals surface area contributed by atoms with E-state index in [1.807, 2.05) is 0 Å². The van der Waals surface area contributed by atoms with Gasteiger partial charge in [0.15, 0.2) is 17.3 Å². The number of rotatable bonds is 7. The third-order valence-electron chi connectivity index (χ3n) is 9.80. The van der Waals surface area contributed by atoms with Crippen molar-refractivity contribution in [3.8, 4) is 5.75 Å². The maximum atomic E-state index is 13.7. The fourth-order valence-electron chi connectivity index (χ4n) is 7.03. The van der Waals surface area contributed by atoms with Crippen molar-refractivity contribution >= 4 is 29.3 Å². The molecule has 2 aromatic carbocycles. The van der Waals surface area contributed by atoms with Gasteiger partial charge in [-0.05, 0) is 51.3 Å². The summed E-state index contributed by atoms with van der Waals surface area (Å²) in [5.74, 6) is -6.11. The number of benzene rings is 2. The number of hydrogen-bond donors (Lipinski definition) is 4. The quantitative estimate of drug-likeness (QED) is 0.159. The van der Waals surface area contributed by atoms with Gasteiger partial charge in [0.2, 0.25) is 0 Å². The lowest BCUT2D eigenvalue weighted by atomic mass is 9.72. The van der Waals surface area contributed by atoms with Gasteiger partial charge >= 0.3 is 11.9 Å². The van der Waals surface area contributed by atoms with Crippen molar-refractivity contribution in [3.05, 3.63) is 99.7 Å². The lowest BCUT2D eigenvalue weighted by Gasteiger charge is -2.36. The molecule has 2 fully saturated rings. The summed E-state index contributed by atoms with van der Waals surface area (Å²) in [5.41, 5.74) is -1.75. The number of aromatic hydroxyl groups is 1. The predicted octanol–water partition coefficient (Wildman–Crippen LogP) is 3.44. The maximum Gasteiger partial charge on any atom is 0.364 e. The van der Waals surface area contributed by atoms with Gasteiger partial charge in [0.25, 0.3) is 5.79 Å². The second kappa shape index (κ2) is 13.4. The van der Waals surface area contributed by atoms with Crippen LogP contribution in [-0.2, 0) is 35.0 Å². The standard InChI is InChI=1S/C38H38O13/c1-18-24(49-27(39)10-8-6-5-7-9-25-19(2)50-38(4,51-25)36(45)46)15-16-26(48-18)21-13-14-23-30(31(21)40)33(42)22-12-11-20-17-37(3,47)35(44)34(43)28(20)29(22)32(23)41/h5-14,18-19,24-26,35,40,44,47H,15-17H2,1-4H3,(H,45,46)/b6-5+,9-7+,10-8+/t18-,19+,24+,25+,26-,35-,37-,38+/m1/s1. The van der Waals surface area contributed by atoms with Crippen LogP contribution in [0, 0.1) is 0 Å². The van der Waals surface area contributed by atoms with Gasteiger partial charge < -0.3 is 39.4 Å². The largest absolute Gasteiger partial charge is 0.507 e. The van der Waals surface area contributed by atoms with Crippen molar-refractivity contribution < 1.29 is 63.3 Å². The number of phenolic OH excluding ortho intramolecular Hbond substituents is 1. The molecule has 4 N–H and O–H groups in total. The minimum atomic E-state index is -1.77. The number of carboxylic acid groups (broad SMARTS) is 1. The van der Waals surface area contributed by atoms with Crippen molar-refractivity contribution in [2.75, 3.05) is 0 Å². The van der Waals surface area contributed by atoms with E-state index in [1.165, 1.54) is 50.3 Å². The van der Waals surface area contributed by atoms with Crippen molar-refractivity contribution in [2.45, 2.75) is 95.0 Å². The molecule has 2 saturated heterocycles. The molecule has 0 saturated carbocycles. The normalized spacial score (nSPS) is 32.0. The highest BCUT2D eigenvalue weighted by Gasteiger charge is 2.48. The van der Waals surface area contributed by atoms with E-state index in [4.69, 9.17) is 18.9 Å². The Balaban J connectivity index is 1.09. The summed E-state index contributed by atoms with van der Waals surface area (Å²) in [6.45, 7) is 6.08. The molecule has 0 radical (unpaired) electrons. The first kappa shape index (κ1) is 36.0. The minimum absolute atomic E-state index is 0.0834. The number of carboxylic acids is 1. The molecule has 2 aliphatic heterocycles. The molecule has 6 rings (SSSR count). The number of hydrogen-bond acceptors (Lipinski definition) is 12. The van der Waals surface area contributed by atoms with Crippen LogP contribution >= 0.6 is 0 Å². The molecule has 0 spiro atoms. The topological polar surface area (TPSA) is 203 Å². The van der Waals surface area contributed by atoms with E-state index in [-0.39, 0.29) is 39.8 Å². The monoisotopic (exact) mass is 702 g/mol. The molecule has 13 heteroatoms. The van der Waals surface area contributed by atoms with Crippen LogP contribution in [0.1, 0.15) is 100.0 Å². The number of aliphatic hydroxyl groups is 2. The zero-order valence-electron chi connectivity index (χ0n) is 28.3. The number of fused-ring (bicyclic) bond motifs is 4. The molecular formula is C38H38O13. The number of Topliss-reactive ketones (excluding diaryl/α,β-unsaturated/α-hetero) is 1. The van der Waals surface area contributed by atoms with Gasteiger partial charge in [0.05, 0.1) is 29.5 Å². The van der Waals surface area contributed by atoms with Gasteiger partial charge in [-0.15, -0.1) is 0 Å². The number of carbonyl (C=O) groups excluding carboxylic acids is 4. The first-order valence-electron chi connectivity index (χ1n) is 16.6. The van der Waals surface area contributed by atoms with Crippen LogP contribution in [0.25, 0.3) is 0 Å². The number of phenols is 1. The van der Waals surface area contributed by atoms with Gasteiger partial charge in [-0.25, -0.2) is 9.59 Å². The molecule has 2 aliphatic carbocycles. The molecule has 8 atom stereocenters. The van der Waals surface area contributed by atoms with Crippen LogP contribution in [0.15, 0.2) is 60.7 Å². The van der Waals surface area contributed by atoms with E-state index in [2.05, 4.69) is 0 Å². The Kier molecular flexibility index (Phi) is 9.46. The molecule has 51 heavy (non-hydrogen) atoms. The zero-order chi connectivity index (χ0) is 37.0. The van der Waals surface area contributed by atoms with Crippen LogP contribution in [0.3, 0.4) is 0 Å². The molecule has 2 heterocycles. The lowest BCUT2D eigenvalue weighted by Crippen LogP contribution is -2.50. The van der Waals surface area contributed by atoms with Crippen LogP contribution < -0.4 is 0 Å². The summed E-state index contributed by atoms with van der Waals surface area (Å²) in [6.07, 6.45) is 5.23. The number of aliphatic hydroxyl groups excluding tert-OH is 1. The van der Waals surface area contributed by atoms with Crippen LogP contribution in [0.4, 0.5) is 0 Å². The molecule has 0 bridgehead atoms. The van der Waals surface area contributed by atoms with Crippen molar-refractivity contribution in [1.29, 1.82) is 0 Å². The van der Waals surface area contributed by atoms with Gasteiger partial charge in [0, 0.05) is 47.2 Å². The molecule has 2 aromatic rings. The average Bonchev–Trinajstić information content (AvgIpc) is 3.38. The summed E-state index contributed by atoms with van der Waals surface area (Å²) in [4.78, 5) is 64.4. The number of allylic oxidation sites excluding steroid dienone is 4. The molecule has 13 nitrogen and oxygen atoms in total. The Bertz CT molecular complexity index is 1920. The van der Waals surface area contributed by atoms with E-state index in [0.717, 1.165) is 0 Å². The first-order valence-corrected chi connectivity index (χ1v) is 16.6. The fourth-order valence-corrected chi connectivity index (χ4v) is 7.03. The molecule has 4 aliphatic rings. The number of ketones is 3. The minimum Gasteiger partial charge on any atom is -0.507 e. The summed E-state index contributed by atoms with van der Waals surface area (Å²) in [5, 5.41) is 41.5. The van der Waals surface area contributed by atoms with Gasteiger partial charge in [-0.1, -0.05) is 42.5 Å². The van der Waals surface area contributed by atoms with E-state index < -0.39 is 83.0 Å². The van der Waals surface area contributed by atoms with Crippen molar-refractivity contribution in [3.63, 3.8) is 0 Å². The summed E-state index contributed by atoms with van der Waals surface area (Å²) in [7, 11) is 0. The highest BCUT2D eigenvalue weighted by molar-refractivity contribution is 6.32. The lowest BCUT2D eigenvalue weighted by molar-refractivity contribution is -0.200. The van der Waals surface area contributed by atoms with E-state index in [9.17, 15) is 44.4 Å². The molecular weight excluding hydrogens is 664 g/mol. The predicted molar refractivity (Wildman–Crippen MR) is 177 cm³/mol. The summed E-state index contributed by atoms with van der Waals surface area (Å²) in [6, 6.07) is 5.76. The highest BCUT2D eigenvalue weighted by Crippen LogP contribution is 2.44. The van der Waals surface area contributed by atoms with E-state index in [1.54, 1.807) is 38.2 Å². The van der Waals surface area contributed by atoms with Gasteiger partial charge in [-0.3, -0.25) is 14.4 Å². The van der Waals surface area contributed by atoms with Crippen LogP contribution in [0.5, 0.6) is 5.75 Å². The third-order valence-corrected chi connectivity index (χ3v) is 9.80. The smallest absolute Gasteiger partial charge is 0.364 e. The molecule has 0 aromatic heterocycles. The first-order chi connectivity index (χ1) is 24.0.